The molecule has 25 heavy (non-hydrogen) atoms. The Morgan fingerprint density at radius 1 is 1.08 bits per heavy atom. The maximum Gasteiger partial charge on any atom is 0.253 e. The number of hydrogen-bond donors (Lipinski definition) is 1. The predicted molar refractivity (Wildman–Crippen MR) is 97.6 cm³/mol. The smallest absolute Gasteiger partial charge is 0.253 e. The van der Waals surface area contributed by atoms with Gasteiger partial charge in [0, 0.05) is 12.3 Å². The van der Waals surface area contributed by atoms with Crippen LogP contribution < -0.4 is 10.1 Å². The van der Waals surface area contributed by atoms with Crippen molar-refractivity contribution in [2.24, 2.45) is 0 Å². The van der Waals surface area contributed by atoms with Gasteiger partial charge in [-0.2, -0.15) is 0 Å². The Bertz CT molecular complexity index is 687. The largest absolute Gasteiger partial charge is 0.497 e. The van der Waals surface area contributed by atoms with E-state index in [1.165, 1.54) is 0 Å². The van der Waals surface area contributed by atoms with Gasteiger partial charge in [0.1, 0.15) is 11.9 Å². The van der Waals surface area contributed by atoms with Crippen LogP contribution in [0.3, 0.4) is 0 Å². The van der Waals surface area contributed by atoms with E-state index in [1.54, 1.807) is 14.0 Å². The van der Waals surface area contributed by atoms with Crippen molar-refractivity contribution in [3.05, 3.63) is 59.7 Å². The number of anilines is 1. The zero-order valence-electron chi connectivity index (χ0n) is 15.0. The van der Waals surface area contributed by atoms with Crippen molar-refractivity contribution >= 4 is 11.6 Å². The third-order valence-corrected chi connectivity index (χ3v) is 3.67. The Balaban J connectivity index is 1.87. The van der Waals surface area contributed by atoms with Crippen LogP contribution >= 0.6 is 0 Å². The topological polar surface area (TPSA) is 56.8 Å². The normalized spacial score (nSPS) is 11.8. The molecule has 0 saturated carbocycles. The van der Waals surface area contributed by atoms with Gasteiger partial charge in [0.25, 0.3) is 5.91 Å². The van der Waals surface area contributed by atoms with Gasteiger partial charge in [-0.05, 0) is 49.2 Å². The van der Waals surface area contributed by atoms with Crippen molar-refractivity contribution < 1.29 is 19.0 Å². The third-order valence-electron chi connectivity index (χ3n) is 3.67. The molecule has 5 nitrogen and oxygen atoms in total. The summed E-state index contributed by atoms with van der Waals surface area (Å²) in [5.74, 6) is 0.584. The molecule has 1 atom stereocenters. The van der Waals surface area contributed by atoms with Crippen molar-refractivity contribution in [3.63, 3.8) is 0 Å². The molecule has 0 bridgehead atoms. The van der Waals surface area contributed by atoms with E-state index in [1.807, 2.05) is 55.5 Å². The molecule has 0 aromatic heterocycles. The molecular formula is C20H25NO4. The zero-order valence-corrected chi connectivity index (χ0v) is 15.0. The van der Waals surface area contributed by atoms with E-state index >= 15 is 0 Å². The third kappa shape index (κ3) is 6.21. The van der Waals surface area contributed by atoms with Gasteiger partial charge >= 0.3 is 0 Å². The quantitative estimate of drug-likeness (QED) is 0.753. The molecule has 2 aromatic rings. The summed E-state index contributed by atoms with van der Waals surface area (Å²) in [6, 6.07) is 15.2. The van der Waals surface area contributed by atoms with Gasteiger partial charge in [0.15, 0.2) is 0 Å². The fourth-order valence-corrected chi connectivity index (χ4v) is 2.26. The van der Waals surface area contributed by atoms with Crippen molar-refractivity contribution in [2.45, 2.75) is 33.2 Å². The summed E-state index contributed by atoms with van der Waals surface area (Å²) in [5.41, 5.74) is 2.71. The highest BCUT2D eigenvalue weighted by molar-refractivity contribution is 5.93. The van der Waals surface area contributed by atoms with Crippen LogP contribution in [0.15, 0.2) is 48.5 Å². The van der Waals surface area contributed by atoms with E-state index in [0.717, 1.165) is 22.6 Å². The van der Waals surface area contributed by atoms with Crippen LogP contribution in [0.1, 0.15) is 25.0 Å². The second-order valence-corrected chi connectivity index (χ2v) is 5.63. The van der Waals surface area contributed by atoms with E-state index in [0.29, 0.717) is 19.8 Å². The maximum absolute atomic E-state index is 12.3. The first-order valence-electron chi connectivity index (χ1n) is 8.34. The minimum atomic E-state index is -0.568. The molecule has 1 N–H and O–H groups in total. The summed E-state index contributed by atoms with van der Waals surface area (Å²) >= 11 is 0. The number of benzene rings is 2. The summed E-state index contributed by atoms with van der Waals surface area (Å²) in [5, 5.41) is 2.87. The van der Waals surface area contributed by atoms with E-state index in [2.05, 4.69) is 5.32 Å². The van der Waals surface area contributed by atoms with Gasteiger partial charge in [-0.25, -0.2) is 0 Å². The molecule has 0 spiro atoms. The summed E-state index contributed by atoms with van der Waals surface area (Å²) in [6.07, 6.45) is -0.568. The van der Waals surface area contributed by atoms with Crippen LogP contribution in [0, 0.1) is 0 Å². The number of hydrogen-bond acceptors (Lipinski definition) is 4. The van der Waals surface area contributed by atoms with Crippen molar-refractivity contribution in [3.8, 4) is 5.75 Å². The maximum atomic E-state index is 12.3. The minimum absolute atomic E-state index is 0.184. The summed E-state index contributed by atoms with van der Waals surface area (Å²) in [6.45, 7) is 5.22. The number of carbonyl (C=O) groups is 1. The lowest BCUT2D eigenvalue weighted by Gasteiger charge is -2.14. The van der Waals surface area contributed by atoms with Gasteiger partial charge in [0.05, 0.1) is 20.3 Å². The number of rotatable bonds is 9. The standard InChI is InChI=1S/C20H25NO4/c1-4-24-13-16-7-5-9-18(11-16)21-20(22)15(2)25-14-17-8-6-10-19(12-17)23-3/h5-12,15H,4,13-14H2,1-3H3,(H,21,22). The molecule has 1 amide bonds. The lowest BCUT2D eigenvalue weighted by atomic mass is 10.2. The average molecular weight is 343 g/mol. The number of ether oxygens (including phenoxy) is 3. The fraction of sp³-hybridized carbons (Fsp3) is 0.350. The lowest BCUT2D eigenvalue weighted by Crippen LogP contribution is -2.27. The number of nitrogens with one attached hydrogen (secondary N) is 1. The van der Waals surface area contributed by atoms with E-state index in [4.69, 9.17) is 14.2 Å². The Morgan fingerprint density at radius 2 is 1.80 bits per heavy atom. The van der Waals surface area contributed by atoms with E-state index in [9.17, 15) is 4.79 Å². The first-order chi connectivity index (χ1) is 12.1. The highest BCUT2D eigenvalue weighted by atomic mass is 16.5. The lowest BCUT2D eigenvalue weighted by molar-refractivity contribution is -0.127. The number of methoxy groups -OCH3 is 1. The molecular weight excluding hydrogens is 318 g/mol. The van der Waals surface area contributed by atoms with Crippen molar-refractivity contribution in [1.82, 2.24) is 0 Å². The fourth-order valence-electron chi connectivity index (χ4n) is 2.26. The highest BCUT2D eigenvalue weighted by Gasteiger charge is 2.14. The van der Waals surface area contributed by atoms with Gasteiger partial charge in [0.2, 0.25) is 0 Å². The molecule has 0 fully saturated rings. The van der Waals surface area contributed by atoms with Crippen LogP contribution in [-0.2, 0) is 27.5 Å². The monoisotopic (exact) mass is 343 g/mol. The zero-order chi connectivity index (χ0) is 18.1. The van der Waals surface area contributed by atoms with Crippen molar-refractivity contribution in [2.75, 3.05) is 19.0 Å². The number of amides is 1. The second-order valence-electron chi connectivity index (χ2n) is 5.63. The highest BCUT2D eigenvalue weighted by Crippen LogP contribution is 2.15. The summed E-state index contributed by atoms with van der Waals surface area (Å²) < 4.78 is 16.2. The first kappa shape index (κ1) is 19.0. The molecule has 2 aromatic carbocycles. The number of carbonyl (C=O) groups excluding carboxylic acids is 1. The molecule has 0 heterocycles. The Kier molecular flexibility index (Phi) is 7.44. The van der Waals surface area contributed by atoms with Crippen LogP contribution in [0.5, 0.6) is 5.75 Å². The minimum Gasteiger partial charge on any atom is -0.497 e. The average Bonchev–Trinajstić information content (AvgIpc) is 2.64. The second kappa shape index (κ2) is 9.81. The summed E-state index contributed by atoms with van der Waals surface area (Å²) in [4.78, 5) is 12.3. The Labute approximate surface area is 148 Å². The predicted octanol–water partition coefficient (Wildman–Crippen LogP) is 3.78. The SMILES string of the molecule is CCOCc1cccc(NC(=O)C(C)OCc2cccc(OC)c2)c1. The van der Waals surface area contributed by atoms with E-state index < -0.39 is 6.10 Å². The van der Waals surface area contributed by atoms with Gasteiger partial charge in [-0.3, -0.25) is 4.79 Å². The van der Waals surface area contributed by atoms with Crippen LogP contribution in [0.2, 0.25) is 0 Å². The molecule has 0 aliphatic heterocycles. The Morgan fingerprint density at radius 3 is 2.52 bits per heavy atom. The van der Waals surface area contributed by atoms with Gasteiger partial charge < -0.3 is 19.5 Å². The molecule has 2 rings (SSSR count). The Hall–Kier alpha value is -2.37. The van der Waals surface area contributed by atoms with Crippen LogP contribution in [0.4, 0.5) is 5.69 Å². The van der Waals surface area contributed by atoms with Crippen LogP contribution in [0.25, 0.3) is 0 Å². The molecule has 5 heteroatoms. The summed E-state index contributed by atoms with van der Waals surface area (Å²) in [7, 11) is 1.62. The molecule has 134 valence electrons. The van der Waals surface area contributed by atoms with Crippen molar-refractivity contribution in [1.29, 1.82) is 0 Å². The molecule has 0 saturated heterocycles. The van der Waals surface area contributed by atoms with E-state index in [-0.39, 0.29) is 5.91 Å². The first-order valence-corrected chi connectivity index (χ1v) is 8.34. The van der Waals surface area contributed by atoms with Gasteiger partial charge in [-0.1, -0.05) is 24.3 Å². The molecule has 0 aliphatic carbocycles. The van der Waals surface area contributed by atoms with Crippen LogP contribution in [-0.4, -0.2) is 25.7 Å². The molecule has 1 unspecified atom stereocenters. The molecule has 0 radical (unpaired) electrons. The molecule has 0 aliphatic rings. The van der Waals surface area contributed by atoms with Gasteiger partial charge in [-0.15, -0.1) is 0 Å².